The second-order valence-corrected chi connectivity index (χ2v) is 11.2. The summed E-state index contributed by atoms with van der Waals surface area (Å²) in [6.07, 6.45) is -4.30. The minimum Gasteiger partial charge on any atom is -0.465 e. The van der Waals surface area contributed by atoms with Crippen molar-refractivity contribution in [1.29, 1.82) is 0 Å². The number of alkyl halides is 3. The number of H-pyrrole nitrogens is 2. The summed E-state index contributed by atoms with van der Waals surface area (Å²) in [5, 5.41) is 3.24. The summed E-state index contributed by atoms with van der Waals surface area (Å²) < 4.78 is 51.5. The number of carbonyl (C=O) groups excluding carboxylic acids is 4. The summed E-state index contributed by atoms with van der Waals surface area (Å²) in [6.45, 7) is 6.89. The highest BCUT2D eigenvalue weighted by atomic mass is 19.4. The molecular weight excluding hydrogens is 545 g/mol. The molecule has 1 saturated heterocycles. The van der Waals surface area contributed by atoms with Crippen molar-refractivity contribution in [3.05, 3.63) is 64.2 Å². The highest BCUT2D eigenvalue weighted by molar-refractivity contribution is 6.11. The van der Waals surface area contributed by atoms with E-state index in [4.69, 9.17) is 4.74 Å². The number of aromatic nitrogens is 2. The summed E-state index contributed by atoms with van der Waals surface area (Å²) in [5.41, 5.74) is -3.17. The topological polar surface area (TPSA) is 134 Å². The van der Waals surface area contributed by atoms with Crippen LogP contribution in [0.25, 0.3) is 10.9 Å². The fourth-order valence-electron chi connectivity index (χ4n) is 5.43. The molecule has 13 heteroatoms. The average Bonchev–Trinajstić information content (AvgIpc) is 3.56. The number of likely N-dealkylation sites (tertiary alicyclic amines) is 1. The predicted molar refractivity (Wildman–Crippen MR) is 141 cm³/mol. The number of aromatic amines is 2. The molecule has 3 heterocycles. The average molecular weight is 573 g/mol. The van der Waals surface area contributed by atoms with Gasteiger partial charge >= 0.3 is 18.2 Å². The third kappa shape index (κ3) is 4.74. The first-order chi connectivity index (χ1) is 19.0. The van der Waals surface area contributed by atoms with E-state index in [-0.39, 0.29) is 35.6 Å². The number of halogens is 3. The molecule has 0 spiro atoms. The predicted octanol–water partition coefficient (Wildman–Crippen LogP) is 5.53. The van der Waals surface area contributed by atoms with Gasteiger partial charge in [0.15, 0.2) is 0 Å². The van der Waals surface area contributed by atoms with Crippen LogP contribution in [0.15, 0.2) is 36.0 Å². The Labute approximate surface area is 231 Å². The van der Waals surface area contributed by atoms with Crippen molar-refractivity contribution in [1.82, 2.24) is 14.9 Å². The van der Waals surface area contributed by atoms with Gasteiger partial charge in [-0.05, 0) is 58.4 Å². The third-order valence-corrected chi connectivity index (χ3v) is 7.17. The van der Waals surface area contributed by atoms with E-state index in [9.17, 15) is 32.3 Å². The normalized spacial score (nSPS) is 18.6. The highest BCUT2D eigenvalue weighted by Gasteiger charge is 2.53. The molecule has 0 bridgehead atoms. The number of ether oxygens (including phenoxy) is 2. The largest absolute Gasteiger partial charge is 0.465 e. The zero-order chi connectivity index (χ0) is 30.1. The van der Waals surface area contributed by atoms with Gasteiger partial charge in [0.2, 0.25) is 5.78 Å². The minimum atomic E-state index is -4.95. The van der Waals surface area contributed by atoms with Crippen molar-refractivity contribution >= 4 is 40.3 Å². The number of nitrogens with zero attached hydrogens (tertiary/aromatic N) is 1. The second kappa shape index (κ2) is 9.25. The van der Waals surface area contributed by atoms with Crippen molar-refractivity contribution in [2.45, 2.75) is 51.3 Å². The van der Waals surface area contributed by atoms with Crippen LogP contribution < -0.4 is 5.32 Å². The Morgan fingerprint density at radius 2 is 1.80 bits per heavy atom. The molecule has 0 radical (unpaired) electrons. The molecule has 3 aromatic rings. The van der Waals surface area contributed by atoms with Crippen LogP contribution in [0.5, 0.6) is 0 Å². The van der Waals surface area contributed by atoms with Crippen LogP contribution in [0.1, 0.15) is 76.7 Å². The number of nitrogens with one attached hydrogen (secondary N) is 3. The molecule has 10 nitrogen and oxygen atoms in total. The maximum atomic E-state index is 13.9. The van der Waals surface area contributed by atoms with E-state index in [1.54, 1.807) is 52.0 Å². The maximum absolute atomic E-state index is 13.9. The summed E-state index contributed by atoms with van der Waals surface area (Å²) in [4.78, 5) is 57.8. The fourth-order valence-corrected chi connectivity index (χ4v) is 5.43. The smallest absolute Gasteiger partial charge is 0.432 e. The molecule has 41 heavy (non-hydrogen) atoms. The fraction of sp³-hybridized carbons (Fsp3) is 0.357. The third-order valence-electron chi connectivity index (χ3n) is 7.17. The molecule has 1 aromatic carbocycles. The summed E-state index contributed by atoms with van der Waals surface area (Å²) in [7, 11) is 0.959. The SMILES string of the molecule is COC(=O)c1c(C(F)(F)F)[nH]c2c1C1(C)CCN(C(=O)c3cc4cc(NC(=O)OC(C)(C)C)ccc4[nH]3)C1=CC2=O. The van der Waals surface area contributed by atoms with Crippen LogP contribution in [-0.4, -0.2) is 57.9 Å². The Morgan fingerprint density at radius 1 is 1.10 bits per heavy atom. The number of methoxy groups -OCH3 is 1. The van der Waals surface area contributed by atoms with Crippen LogP contribution in [-0.2, 0) is 21.1 Å². The van der Waals surface area contributed by atoms with Gasteiger partial charge in [-0.1, -0.05) is 0 Å². The Kier molecular flexibility index (Phi) is 6.31. The van der Waals surface area contributed by atoms with E-state index in [1.807, 2.05) is 0 Å². The standard InChI is InChI=1S/C28H27F3N4O6/c1-26(2,3)41-25(39)32-14-6-7-15-13(10-14)11-16(33-15)23(37)35-9-8-27(4)18(35)12-17(36)21-20(27)19(24(38)40-5)22(34-21)28(29,30)31/h6-7,10-12,33-34H,8-9H2,1-5H3,(H,32,39). The number of allylic oxidation sites excluding steroid dienone is 2. The number of carbonyl (C=O) groups is 4. The van der Waals surface area contributed by atoms with Gasteiger partial charge in [0, 0.05) is 45.9 Å². The van der Waals surface area contributed by atoms with Crippen molar-refractivity contribution in [3.63, 3.8) is 0 Å². The van der Waals surface area contributed by atoms with Gasteiger partial charge in [0.1, 0.15) is 17.0 Å². The highest BCUT2D eigenvalue weighted by Crippen LogP contribution is 2.51. The molecule has 2 amide bonds. The number of ketones is 1. The molecule has 1 unspecified atom stereocenters. The van der Waals surface area contributed by atoms with Gasteiger partial charge in [-0.25, -0.2) is 9.59 Å². The Morgan fingerprint density at radius 3 is 2.44 bits per heavy atom. The lowest BCUT2D eigenvalue weighted by atomic mass is 9.73. The molecule has 1 aliphatic carbocycles. The van der Waals surface area contributed by atoms with E-state index in [2.05, 4.69) is 20.0 Å². The molecular formula is C28H27F3N4O6. The van der Waals surface area contributed by atoms with Crippen molar-refractivity contribution in [2.75, 3.05) is 19.0 Å². The molecule has 5 rings (SSSR count). The van der Waals surface area contributed by atoms with Crippen molar-refractivity contribution < 1.29 is 41.8 Å². The first-order valence-electron chi connectivity index (χ1n) is 12.7. The Hall–Kier alpha value is -4.55. The first kappa shape index (κ1) is 28.0. The molecule has 1 fully saturated rings. The zero-order valence-electron chi connectivity index (χ0n) is 22.8. The van der Waals surface area contributed by atoms with E-state index in [1.165, 1.54) is 4.90 Å². The number of fused-ring (bicyclic) bond motifs is 4. The van der Waals surface area contributed by atoms with Crippen LogP contribution in [0.3, 0.4) is 0 Å². The van der Waals surface area contributed by atoms with Gasteiger partial charge in [-0.3, -0.25) is 14.9 Å². The number of rotatable bonds is 3. The molecule has 216 valence electrons. The van der Waals surface area contributed by atoms with E-state index in [0.717, 1.165) is 13.2 Å². The number of benzene rings is 1. The molecule has 1 aliphatic heterocycles. The number of hydrogen-bond acceptors (Lipinski definition) is 6. The summed E-state index contributed by atoms with van der Waals surface area (Å²) in [5.74, 6) is -2.54. The first-order valence-corrected chi connectivity index (χ1v) is 12.7. The van der Waals surface area contributed by atoms with Crippen molar-refractivity contribution in [3.8, 4) is 0 Å². The number of hydrogen-bond donors (Lipinski definition) is 3. The summed E-state index contributed by atoms with van der Waals surface area (Å²) >= 11 is 0. The van der Waals surface area contributed by atoms with Crippen LogP contribution in [0.4, 0.5) is 23.7 Å². The lowest BCUT2D eigenvalue weighted by Gasteiger charge is -2.32. The van der Waals surface area contributed by atoms with Gasteiger partial charge in [0.05, 0.1) is 18.4 Å². The van der Waals surface area contributed by atoms with Crippen molar-refractivity contribution in [2.24, 2.45) is 0 Å². The molecule has 0 saturated carbocycles. The van der Waals surface area contributed by atoms with E-state index >= 15 is 0 Å². The molecule has 1 atom stereocenters. The lowest BCUT2D eigenvalue weighted by Crippen LogP contribution is -2.35. The summed E-state index contributed by atoms with van der Waals surface area (Å²) in [6, 6.07) is 6.52. The molecule has 2 aliphatic rings. The minimum absolute atomic E-state index is 0.0852. The number of amides is 2. The van der Waals surface area contributed by atoms with E-state index < -0.39 is 52.2 Å². The van der Waals surface area contributed by atoms with Crippen LogP contribution in [0, 0.1) is 0 Å². The van der Waals surface area contributed by atoms with E-state index in [0.29, 0.717) is 16.6 Å². The monoisotopic (exact) mass is 572 g/mol. The van der Waals surface area contributed by atoms with Gasteiger partial charge < -0.3 is 24.3 Å². The van der Waals surface area contributed by atoms with Gasteiger partial charge in [-0.15, -0.1) is 0 Å². The van der Waals surface area contributed by atoms with Gasteiger partial charge in [-0.2, -0.15) is 13.2 Å². The number of esters is 1. The Balaban J connectivity index is 1.48. The molecule has 2 aromatic heterocycles. The Bertz CT molecular complexity index is 1660. The zero-order valence-corrected chi connectivity index (χ0v) is 22.8. The number of anilines is 1. The lowest BCUT2D eigenvalue weighted by molar-refractivity contribution is -0.141. The second-order valence-electron chi connectivity index (χ2n) is 11.2. The quantitative estimate of drug-likeness (QED) is 0.354. The van der Waals surface area contributed by atoms with Gasteiger partial charge in [0.25, 0.3) is 5.91 Å². The molecule has 3 N–H and O–H groups in total. The van der Waals surface area contributed by atoms with Crippen LogP contribution in [0.2, 0.25) is 0 Å². The maximum Gasteiger partial charge on any atom is 0.432 e. The van der Waals surface area contributed by atoms with Crippen LogP contribution >= 0.6 is 0 Å².